The van der Waals surface area contributed by atoms with Crippen molar-refractivity contribution >= 4 is 44.4 Å². The van der Waals surface area contributed by atoms with Crippen molar-refractivity contribution in [2.45, 2.75) is 0 Å². The predicted octanol–water partition coefficient (Wildman–Crippen LogP) is 11.9. The van der Waals surface area contributed by atoms with E-state index < -0.39 is 0 Å². The van der Waals surface area contributed by atoms with Crippen LogP contribution in [0.4, 0.5) is 17.1 Å². The standard InChI is InChI=1S/C42H28N2O2/c1-3-13-27(4-2)30-23-40-42-41(24-30)46-39-26-36-33(32-18-11-12-19-34(32)43(36)31-16-9-6-10-17-31)25-37(39)44(42)35-21-20-29(22-38(35)45-40)28-14-7-5-8-15-28/h3-26H,1-2H2/b27-13+. The second-order valence-corrected chi connectivity index (χ2v) is 11.5. The Bertz CT molecular complexity index is 2400. The molecule has 2 aliphatic heterocycles. The summed E-state index contributed by atoms with van der Waals surface area (Å²) in [7, 11) is 0. The highest BCUT2D eigenvalue weighted by Crippen LogP contribution is 2.61. The first-order valence-electron chi connectivity index (χ1n) is 15.3. The van der Waals surface area contributed by atoms with E-state index in [-0.39, 0.29) is 0 Å². The van der Waals surface area contributed by atoms with E-state index in [2.05, 4.69) is 138 Å². The minimum atomic E-state index is 0.719. The molecule has 0 atom stereocenters. The van der Waals surface area contributed by atoms with Crippen LogP contribution < -0.4 is 14.4 Å². The van der Waals surface area contributed by atoms with Gasteiger partial charge in [0.05, 0.1) is 22.4 Å². The van der Waals surface area contributed by atoms with E-state index in [1.54, 1.807) is 6.08 Å². The van der Waals surface area contributed by atoms with Crippen molar-refractivity contribution in [1.82, 2.24) is 4.57 Å². The number of aromatic nitrogens is 1. The Hall–Kier alpha value is -6.26. The summed E-state index contributed by atoms with van der Waals surface area (Å²) in [5.41, 5.74) is 10.2. The zero-order chi connectivity index (χ0) is 30.8. The average Bonchev–Trinajstić information content (AvgIpc) is 3.43. The maximum atomic E-state index is 6.82. The van der Waals surface area contributed by atoms with Crippen LogP contribution in [-0.4, -0.2) is 4.57 Å². The van der Waals surface area contributed by atoms with E-state index in [9.17, 15) is 0 Å². The molecule has 0 radical (unpaired) electrons. The van der Waals surface area contributed by atoms with Crippen molar-refractivity contribution in [1.29, 1.82) is 0 Å². The van der Waals surface area contributed by atoms with Crippen LogP contribution in [0.1, 0.15) is 5.56 Å². The van der Waals surface area contributed by atoms with Crippen molar-refractivity contribution in [3.05, 3.63) is 164 Å². The van der Waals surface area contributed by atoms with Crippen molar-refractivity contribution in [3.63, 3.8) is 0 Å². The number of ether oxygens (including phenoxy) is 2. The Kier molecular flexibility index (Phi) is 5.77. The fraction of sp³-hybridized carbons (Fsp3) is 0. The minimum absolute atomic E-state index is 0.719. The largest absolute Gasteiger partial charge is 0.453 e. The molecule has 3 heterocycles. The lowest BCUT2D eigenvalue weighted by Crippen LogP contribution is -2.20. The molecule has 9 rings (SSSR count). The topological polar surface area (TPSA) is 26.6 Å². The fourth-order valence-electron chi connectivity index (χ4n) is 6.83. The maximum Gasteiger partial charge on any atom is 0.156 e. The minimum Gasteiger partial charge on any atom is -0.453 e. The first-order valence-corrected chi connectivity index (χ1v) is 15.3. The number of benzene rings is 6. The highest BCUT2D eigenvalue weighted by molar-refractivity contribution is 6.12. The van der Waals surface area contributed by atoms with Crippen molar-refractivity contribution < 1.29 is 9.47 Å². The predicted molar refractivity (Wildman–Crippen MR) is 189 cm³/mol. The normalized spacial score (nSPS) is 13.0. The first-order chi connectivity index (χ1) is 22.7. The molecule has 0 saturated carbocycles. The van der Waals surface area contributed by atoms with E-state index in [1.807, 2.05) is 24.3 Å². The monoisotopic (exact) mass is 592 g/mol. The molecule has 2 aliphatic rings. The van der Waals surface area contributed by atoms with Gasteiger partial charge in [-0.25, -0.2) is 0 Å². The van der Waals surface area contributed by atoms with Gasteiger partial charge in [-0.05, 0) is 70.8 Å². The summed E-state index contributed by atoms with van der Waals surface area (Å²) in [6, 6.07) is 44.5. The van der Waals surface area contributed by atoms with Gasteiger partial charge >= 0.3 is 0 Å². The molecule has 0 spiro atoms. The Morgan fingerprint density at radius 2 is 1.26 bits per heavy atom. The quantitative estimate of drug-likeness (QED) is 0.186. The Balaban J connectivity index is 1.33. The first kappa shape index (κ1) is 26.2. The Morgan fingerprint density at radius 3 is 2.00 bits per heavy atom. The Labute approximate surface area is 267 Å². The number of allylic oxidation sites excluding steroid dienone is 4. The summed E-state index contributed by atoms with van der Waals surface area (Å²) in [6.45, 7) is 7.96. The molecule has 0 fully saturated rings. The number of fused-ring (bicyclic) bond motifs is 7. The Morgan fingerprint density at radius 1 is 0.565 bits per heavy atom. The molecule has 46 heavy (non-hydrogen) atoms. The molecule has 6 aromatic carbocycles. The number of rotatable bonds is 5. The number of hydrogen-bond acceptors (Lipinski definition) is 3. The molecular weight excluding hydrogens is 564 g/mol. The third-order valence-corrected chi connectivity index (χ3v) is 8.87. The summed E-state index contributed by atoms with van der Waals surface area (Å²) in [5, 5.41) is 2.34. The van der Waals surface area contributed by atoms with E-state index in [0.29, 0.717) is 0 Å². The lowest BCUT2D eigenvalue weighted by atomic mass is 9.99. The summed E-state index contributed by atoms with van der Waals surface area (Å²) < 4.78 is 15.9. The molecule has 4 heteroatoms. The third-order valence-electron chi connectivity index (χ3n) is 8.87. The molecule has 1 aromatic heterocycles. The van der Waals surface area contributed by atoms with Crippen LogP contribution >= 0.6 is 0 Å². The molecule has 7 aromatic rings. The van der Waals surface area contributed by atoms with Gasteiger partial charge in [-0.1, -0.05) is 104 Å². The molecule has 0 unspecified atom stereocenters. The van der Waals surface area contributed by atoms with Gasteiger partial charge in [-0.15, -0.1) is 0 Å². The highest BCUT2D eigenvalue weighted by Gasteiger charge is 2.36. The van der Waals surface area contributed by atoms with Crippen LogP contribution in [0, 0.1) is 0 Å². The van der Waals surface area contributed by atoms with Crippen LogP contribution in [0.2, 0.25) is 0 Å². The number of hydrogen-bond donors (Lipinski definition) is 0. The second-order valence-electron chi connectivity index (χ2n) is 11.5. The van der Waals surface area contributed by atoms with Crippen LogP contribution in [-0.2, 0) is 0 Å². The van der Waals surface area contributed by atoms with Gasteiger partial charge in [0.1, 0.15) is 5.69 Å². The molecule has 0 aliphatic carbocycles. The van der Waals surface area contributed by atoms with Gasteiger partial charge in [0, 0.05) is 22.5 Å². The molecule has 0 amide bonds. The smallest absolute Gasteiger partial charge is 0.156 e. The summed E-state index contributed by atoms with van der Waals surface area (Å²) in [6.07, 6.45) is 5.55. The molecular formula is C42H28N2O2. The highest BCUT2D eigenvalue weighted by atomic mass is 16.5. The van der Waals surface area contributed by atoms with Gasteiger partial charge in [0.2, 0.25) is 0 Å². The maximum absolute atomic E-state index is 6.82. The third kappa shape index (κ3) is 3.87. The summed E-state index contributed by atoms with van der Waals surface area (Å²) >= 11 is 0. The van der Waals surface area contributed by atoms with E-state index in [4.69, 9.17) is 9.47 Å². The van der Waals surface area contributed by atoms with Crippen LogP contribution in [0.5, 0.6) is 23.0 Å². The van der Waals surface area contributed by atoms with Gasteiger partial charge in [0.25, 0.3) is 0 Å². The average molecular weight is 593 g/mol. The SMILES string of the molecule is C=C/C=C(\C=C)c1cc2c3c(c1)Oc1cc4c(cc1N3c1ccc(-c3ccccc3)cc1O2)c1ccccc1n4-c1ccccc1. The lowest BCUT2D eigenvalue weighted by Gasteiger charge is -2.38. The molecule has 218 valence electrons. The number of anilines is 3. The van der Waals surface area contributed by atoms with Crippen molar-refractivity contribution in [2.24, 2.45) is 0 Å². The van der Waals surface area contributed by atoms with Crippen molar-refractivity contribution in [2.75, 3.05) is 4.90 Å². The summed E-state index contributed by atoms with van der Waals surface area (Å²) in [4.78, 5) is 2.29. The van der Waals surface area contributed by atoms with Gasteiger partial charge < -0.3 is 14.0 Å². The fourth-order valence-corrected chi connectivity index (χ4v) is 6.83. The van der Waals surface area contributed by atoms with Crippen LogP contribution in [0.15, 0.2) is 159 Å². The van der Waals surface area contributed by atoms with Gasteiger partial charge in [-0.2, -0.15) is 0 Å². The molecule has 0 saturated heterocycles. The van der Waals surface area contributed by atoms with Gasteiger partial charge in [0.15, 0.2) is 23.0 Å². The van der Waals surface area contributed by atoms with Crippen LogP contribution in [0.3, 0.4) is 0 Å². The zero-order valence-electron chi connectivity index (χ0n) is 25.0. The van der Waals surface area contributed by atoms with E-state index in [0.717, 1.165) is 84.4 Å². The van der Waals surface area contributed by atoms with Gasteiger partial charge in [-0.3, -0.25) is 4.90 Å². The zero-order valence-corrected chi connectivity index (χ0v) is 25.0. The number of para-hydroxylation sites is 2. The molecule has 0 bridgehead atoms. The summed E-state index contributed by atoms with van der Waals surface area (Å²) in [5.74, 6) is 3.00. The lowest BCUT2D eigenvalue weighted by molar-refractivity contribution is 0.446. The molecule has 0 N–H and O–H groups in total. The second kappa shape index (κ2) is 10.1. The van der Waals surface area contributed by atoms with Crippen molar-refractivity contribution in [3.8, 4) is 39.8 Å². The number of nitrogens with zero attached hydrogens (tertiary/aromatic N) is 2. The van der Waals surface area contributed by atoms with Crippen LogP contribution in [0.25, 0.3) is 44.2 Å². The van der Waals surface area contributed by atoms with E-state index >= 15 is 0 Å². The molecule has 4 nitrogen and oxygen atoms in total. The van der Waals surface area contributed by atoms with E-state index in [1.165, 1.54) is 5.39 Å².